The van der Waals surface area contributed by atoms with Gasteiger partial charge in [0.15, 0.2) is 0 Å². The zero-order valence-electron chi connectivity index (χ0n) is 9.01. The van der Waals surface area contributed by atoms with Crippen molar-refractivity contribution in [3.8, 4) is 10.9 Å². The summed E-state index contributed by atoms with van der Waals surface area (Å²) >= 11 is 0.435. The van der Waals surface area contributed by atoms with Crippen molar-refractivity contribution in [2.75, 3.05) is 0 Å². The van der Waals surface area contributed by atoms with Crippen LogP contribution in [0.2, 0.25) is 0 Å². The van der Waals surface area contributed by atoms with E-state index in [4.69, 9.17) is 9.84 Å². The Morgan fingerprint density at radius 2 is 2.11 bits per heavy atom. The fraction of sp³-hybridized carbons (Fsp3) is 0.100. The zero-order chi connectivity index (χ0) is 14.0. The monoisotopic (exact) mass is 290 g/mol. The van der Waals surface area contributed by atoms with E-state index in [2.05, 4.69) is 9.36 Å². The molecule has 100 valence electrons. The third-order valence-electron chi connectivity index (χ3n) is 1.95. The molecule has 0 radical (unpaired) electrons. The fourth-order valence-corrected chi connectivity index (χ4v) is 1.73. The lowest BCUT2D eigenvalue weighted by atomic mass is 10.2. The molecule has 1 heterocycles. The van der Waals surface area contributed by atoms with E-state index >= 15 is 0 Å². The summed E-state index contributed by atoms with van der Waals surface area (Å²) in [5.41, 5.74) is -0.0435. The summed E-state index contributed by atoms with van der Waals surface area (Å²) in [6, 6.07) is 5.32. The third-order valence-corrected chi connectivity index (χ3v) is 2.54. The van der Waals surface area contributed by atoms with Gasteiger partial charge in [0.25, 0.3) is 11.0 Å². The van der Waals surface area contributed by atoms with Crippen LogP contribution in [-0.2, 0) is 6.18 Å². The molecule has 2 aromatic rings. The van der Waals surface area contributed by atoms with Gasteiger partial charge in [0.05, 0.1) is 5.56 Å². The lowest BCUT2D eigenvalue weighted by molar-refractivity contribution is -0.144. The van der Waals surface area contributed by atoms with Gasteiger partial charge in [-0.1, -0.05) is 6.07 Å². The van der Waals surface area contributed by atoms with Crippen molar-refractivity contribution in [2.24, 2.45) is 0 Å². The second kappa shape index (κ2) is 4.84. The molecule has 0 atom stereocenters. The Labute approximate surface area is 108 Å². The van der Waals surface area contributed by atoms with Gasteiger partial charge in [0.1, 0.15) is 5.75 Å². The van der Waals surface area contributed by atoms with Crippen molar-refractivity contribution in [2.45, 2.75) is 6.18 Å². The topological polar surface area (TPSA) is 72.3 Å². The maximum absolute atomic E-state index is 12.3. The number of aromatic carboxylic acids is 1. The molecule has 0 saturated heterocycles. The largest absolute Gasteiger partial charge is 0.478 e. The van der Waals surface area contributed by atoms with Crippen molar-refractivity contribution < 1.29 is 27.8 Å². The molecule has 0 bridgehead atoms. The standard InChI is InChI=1S/C10H5F3N2O3S/c11-10(12,13)8-14-9(19-15-8)18-6-3-1-2-5(4-6)7(16)17/h1-4H,(H,16,17). The summed E-state index contributed by atoms with van der Waals surface area (Å²) in [6.07, 6.45) is -4.64. The average Bonchev–Trinajstić information content (AvgIpc) is 2.77. The number of hydrogen-bond donors (Lipinski definition) is 1. The van der Waals surface area contributed by atoms with Crippen molar-refractivity contribution in [1.29, 1.82) is 0 Å². The summed E-state index contributed by atoms with van der Waals surface area (Å²) in [5, 5.41) is 8.45. The van der Waals surface area contributed by atoms with Crippen molar-refractivity contribution in [3.05, 3.63) is 35.7 Å². The number of rotatable bonds is 3. The van der Waals surface area contributed by atoms with Crippen molar-refractivity contribution in [1.82, 2.24) is 9.36 Å². The fourth-order valence-electron chi connectivity index (χ4n) is 1.16. The van der Waals surface area contributed by atoms with Gasteiger partial charge in [-0.3, -0.25) is 0 Å². The second-order valence-electron chi connectivity index (χ2n) is 3.32. The van der Waals surface area contributed by atoms with Crippen molar-refractivity contribution in [3.63, 3.8) is 0 Å². The minimum absolute atomic E-state index is 0.0435. The Morgan fingerprint density at radius 3 is 2.68 bits per heavy atom. The number of halogens is 3. The summed E-state index contributed by atoms with van der Waals surface area (Å²) in [5.74, 6) is -2.38. The molecule has 0 aliphatic carbocycles. The number of nitrogens with zero attached hydrogens (tertiary/aromatic N) is 2. The number of carboxylic acid groups (broad SMARTS) is 1. The molecule has 0 unspecified atom stereocenters. The predicted molar refractivity (Wildman–Crippen MR) is 58.4 cm³/mol. The van der Waals surface area contributed by atoms with E-state index in [1.165, 1.54) is 24.3 Å². The maximum Gasteiger partial charge on any atom is 0.452 e. The van der Waals surface area contributed by atoms with Gasteiger partial charge in [0.2, 0.25) is 0 Å². The first kappa shape index (κ1) is 13.3. The Morgan fingerprint density at radius 1 is 1.37 bits per heavy atom. The van der Waals surface area contributed by atoms with E-state index in [0.29, 0.717) is 11.5 Å². The molecule has 1 N–H and O–H groups in total. The SMILES string of the molecule is O=C(O)c1cccc(Oc2nc(C(F)(F)F)ns2)c1. The van der Waals surface area contributed by atoms with E-state index < -0.39 is 18.0 Å². The van der Waals surface area contributed by atoms with Gasteiger partial charge in [-0.2, -0.15) is 22.5 Å². The van der Waals surface area contributed by atoms with Gasteiger partial charge >= 0.3 is 12.1 Å². The highest BCUT2D eigenvalue weighted by molar-refractivity contribution is 7.07. The number of ether oxygens (including phenoxy) is 1. The smallest absolute Gasteiger partial charge is 0.452 e. The molecule has 9 heteroatoms. The van der Waals surface area contributed by atoms with E-state index in [-0.39, 0.29) is 16.5 Å². The molecule has 19 heavy (non-hydrogen) atoms. The Balaban J connectivity index is 2.19. The highest BCUT2D eigenvalue weighted by Crippen LogP contribution is 2.31. The number of hydrogen-bond acceptors (Lipinski definition) is 5. The first-order valence-corrected chi connectivity index (χ1v) is 5.56. The van der Waals surface area contributed by atoms with Crippen LogP contribution < -0.4 is 4.74 Å². The summed E-state index contributed by atoms with van der Waals surface area (Å²) in [7, 11) is 0. The molecule has 0 fully saturated rings. The highest BCUT2D eigenvalue weighted by Gasteiger charge is 2.36. The summed E-state index contributed by atoms with van der Waals surface area (Å²) in [4.78, 5) is 13.9. The van der Waals surface area contributed by atoms with Crippen LogP contribution in [0.25, 0.3) is 0 Å². The van der Waals surface area contributed by atoms with Crippen LogP contribution in [-0.4, -0.2) is 20.4 Å². The minimum atomic E-state index is -4.64. The molecule has 0 aliphatic rings. The quantitative estimate of drug-likeness (QED) is 0.940. The summed E-state index contributed by atoms with van der Waals surface area (Å²) < 4.78 is 44.9. The Hall–Kier alpha value is -2.16. The molecular weight excluding hydrogens is 285 g/mol. The van der Waals surface area contributed by atoms with Crippen LogP contribution in [0, 0.1) is 0 Å². The molecule has 2 rings (SSSR count). The molecule has 5 nitrogen and oxygen atoms in total. The van der Waals surface area contributed by atoms with E-state index in [1.54, 1.807) is 0 Å². The van der Waals surface area contributed by atoms with Gasteiger partial charge < -0.3 is 9.84 Å². The molecule has 1 aromatic carbocycles. The summed E-state index contributed by atoms with van der Waals surface area (Å²) in [6.45, 7) is 0. The molecule has 0 saturated carbocycles. The van der Waals surface area contributed by atoms with E-state index in [9.17, 15) is 18.0 Å². The molecule has 0 spiro atoms. The molecule has 1 aromatic heterocycles. The predicted octanol–water partition coefficient (Wildman–Crippen LogP) is 3.05. The van der Waals surface area contributed by atoms with Crippen molar-refractivity contribution >= 4 is 17.5 Å². The lowest BCUT2D eigenvalue weighted by Gasteiger charge is -2.02. The van der Waals surface area contributed by atoms with Crippen LogP contribution in [0.5, 0.6) is 10.9 Å². The number of alkyl halides is 3. The minimum Gasteiger partial charge on any atom is -0.478 e. The number of benzene rings is 1. The van der Waals surface area contributed by atoms with Crippen LogP contribution in [0.3, 0.4) is 0 Å². The Bertz CT molecular complexity index is 612. The van der Waals surface area contributed by atoms with Gasteiger partial charge in [-0.05, 0) is 18.2 Å². The highest BCUT2D eigenvalue weighted by atomic mass is 32.1. The third kappa shape index (κ3) is 3.19. The van der Waals surface area contributed by atoms with Crippen LogP contribution in [0.4, 0.5) is 13.2 Å². The van der Waals surface area contributed by atoms with E-state index in [1.807, 2.05) is 0 Å². The molecule has 0 amide bonds. The van der Waals surface area contributed by atoms with Gasteiger partial charge in [-0.25, -0.2) is 4.79 Å². The van der Waals surface area contributed by atoms with Crippen LogP contribution >= 0.6 is 11.5 Å². The van der Waals surface area contributed by atoms with E-state index in [0.717, 1.165) is 0 Å². The number of carboxylic acids is 1. The average molecular weight is 290 g/mol. The lowest BCUT2D eigenvalue weighted by Crippen LogP contribution is -2.06. The van der Waals surface area contributed by atoms with Crippen LogP contribution in [0.1, 0.15) is 16.2 Å². The van der Waals surface area contributed by atoms with Gasteiger partial charge in [0, 0.05) is 11.5 Å². The van der Waals surface area contributed by atoms with Crippen LogP contribution in [0.15, 0.2) is 24.3 Å². The normalized spacial score (nSPS) is 11.3. The maximum atomic E-state index is 12.3. The molecular formula is C10H5F3N2O3S. The Kier molecular flexibility index (Phi) is 3.38. The van der Waals surface area contributed by atoms with Gasteiger partial charge in [-0.15, -0.1) is 0 Å². The zero-order valence-corrected chi connectivity index (χ0v) is 9.83. The first-order chi connectivity index (χ1) is 8.86. The first-order valence-electron chi connectivity index (χ1n) is 4.78. The number of aromatic nitrogens is 2. The number of carbonyl (C=O) groups is 1. The molecule has 0 aliphatic heterocycles. The second-order valence-corrected chi connectivity index (χ2v) is 4.03.